The van der Waals surface area contributed by atoms with Crippen LogP contribution in [0, 0.1) is 5.92 Å². The van der Waals surface area contributed by atoms with Gasteiger partial charge in [0.2, 0.25) is 0 Å². The summed E-state index contributed by atoms with van der Waals surface area (Å²) >= 11 is 3.07. The highest BCUT2D eigenvalue weighted by molar-refractivity contribution is 9.10. The van der Waals surface area contributed by atoms with Gasteiger partial charge < -0.3 is 11.1 Å². The van der Waals surface area contributed by atoms with Gasteiger partial charge in [-0.05, 0) is 43.9 Å². The second kappa shape index (κ2) is 4.98. The average Bonchev–Trinajstić information content (AvgIpc) is 3.14. The van der Waals surface area contributed by atoms with Crippen molar-refractivity contribution in [2.45, 2.75) is 31.5 Å². The van der Waals surface area contributed by atoms with E-state index in [4.69, 9.17) is 5.73 Å². The van der Waals surface area contributed by atoms with Crippen LogP contribution in [-0.2, 0) is 6.18 Å². The third kappa shape index (κ3) is 3.23. The van der Waals surface area contributed by atoms with Crippen molar-refractivity contribution in [3.05, 3.63) is 28.2 Å². The Bertz CT molecular complexity index is 471. The molecular weight excluding hydrogens is 321 g/mol. The predicted molar refractivity (Wildman–Crippen MR) is 73.0 cm³/mol. The summed E-state index contributed by atoms with van der Waals surface area (Å²) in [6.45, 7) is 2.19. The number of halogens is 4. The highest BCUT2D eigenvalue weighted by Crippen LogP contribution is 2.43. The third-order valence-electron chi connectivity index (χ3n) is 3.61. The molecule has 6 heteroatoms. The van der Waals surface area contributed by atoms with Crippen molar-refractivity contribution in [1.82, 2.24) is 0 Å². The van der Waals surface area contributed by atoms with Gasteiger partial charge in [-0.25, -0.2) is 0 Å². The number of benzene rings is 1. The van der Waals surface area contributed by atoms with Crippen LogP contribution in [0.15, 0.2) is 22.7 Å². The molecule has 0 spiro atoms. The highest BCUT2D eigenvalue weighted by atomic mass is 79.9. The van der Waals surface area contributed by atoms with Crippen LogP contribution in [0.2, 0.25) is 0 Å². The number of nitrogens with two attached hydrogens (primary N) is 1. The molecule has 0 aliphatic heterocycles. The third-order valence-corrected chi connectivity index (χ3v) is 4.10. The van der Waals surface area contributed by atoms with Gasteiger partial charge in [0.15, 0.2) is 0 Å². The first-order valence-electron chi connectivity index (χ1n) is 6.11. The van der Waals surface area contributed by atoms with Gasteiger partial charge in [0.25, 0.3) is 0 Å². The number of anilines is 1. The Morgan fingerprint density at radius 3 is 2.47 bits per heavy atom. The van der Waals surface area contributed by atoms with Crippen LogP contribution in [0.1, 0.15) is 25.3 Å². The molecule has 3 N–H and O–H groups in total. The molecule has 0 bridgehead atoms. The first kappa shape index (κ1) is 14.7. The Morgan fingerprint density at radius 1 is 1.37 bits per heavy atom. The molecule has 0 heterocycles. The summed E-state index contributed by atoms with van der Waals surface area (Å²) in [6, 6.07) is 4.14. The van der Waals surface area contributed by atoms with Crippen molar-refractivity contribution in [2.75, 3.05) is 11.9 Å². The maximum absolute atomic E-state index is 13.0. The van der Waals surface area contributed by atoms with E-state index < -0.39 is 17.3 Å². The first-order chi connectivity index (χ1) is 8.76. The molecule has 1 saturated carbocycles. The minimum absolute atomic E-state index is 0.0931. The molecule has 0 amide bonds. The van der Waals surface area contributed by atoms with Crippen LogP contribution in [-0.4, -0.2) is 12.1 Å². The molecule has 19 heavy (non-hydrogen) atoms. The lowest BCUT2D eigenvalue weighted by Gasteiger charge is -2.32. The number of hydrogen-bond donors (Lipinski definition) is 2. The zero-order valence-electron chi connectivity index (χ0n) is 10.5. The van der Waals surface area contributed by atoms with Crippen molar-refractivity contribution < 1.29 is 13.2 Å². The Hall–Kier alpha value is -0.750. The average molecular weight is 337 g/mol. The Balaban J connectivity index is 2.34. The number of alkyl halides is 3. The van der Waals surface area contributed by atoms with Crippen molar-refractivity contribution in [3.63, 3.8) is 0 Å². The van der Waals surface area contributed by atoms with Crippen molar-refractivity contribution in [3.8, 4) is 0 Å². The van der Waals surface area contributed by atoms with Crippen LogP contribution in [0.25, 0.3) is 0 Å². The van der Waals surface area contributed by atoms with Gasteiger partial charge in [-0.2, -0.15) is 13.2 Å². The van der Waals surface area contributed by atoms with E-state index in [1.807, 2.05) is 6.92 Å². The summed E-state index contributed by atoms with van der Waals surface area (Å²) in [6.07, 6.45) is -2.36. The fourth-order valence-electron chi connectivity index (χ4n) is 2.21. The van der Waals surface area contributed by atoms with Crippen LogP contribution in [0.3, 0.4) is 0 Å². The van der Waals surface area contributed by atoms with Crippen LogP contribution in [0.5, 0.6) is 0 Å². The van der Waals surface area contributed by atoms with E-state index in [0.717, 1.165) is 18.9 Å². The van der Waals surface area contributed by atoms with Gasteiger partial charge in [0.05, 0.1) is 5.56 Å². The summed E-state index contributed by atoms with van der Waals surface area (Å²) in [7, 11) is 0. The summed E-state index contributed by atoms with van der Waals surface area (Å²) in [5, 5.41) is 3.00. The summed E-state index contributed by atoms with van der Waals surface area (Å²) < 4.78 is 39.5. The minimum atomic E-state index is -4.38. The van der Waals surface area contributed by atoms with Crippen molar-refractivity contribution in [2.24, 2.45) is 11.7 Å². The monoisotopic (exact) mass is 336 g/mol. The predicted octanol–water partition coefficient (Wildman–Crippen LogP) is 4.01. The van der Waals surface area contributed by atoms with Crippen molar-refractivity contribution >= 4 is 21.6 Å². The molecule has 2 nitrogen and oxygen atoms in total. The zero-order chi connectivity index (χ0) is 14.3. The van der Waals surface area contributed by atoms with Gasteiger partial charge in [-0.3, -0.25) is 0 Å². The zero-order valence-corrected chi connectivity index (χ0v) is 12.1. The highest BCUT2D eigenvalue weighted by Gasteiger charge is 2.42. The molecule has 1 fully saturated rings. The van der Waals surface area contributed by atoms with Gasteiger partial charge >= 0.3 is 6.18 Å². The molecule has 1 unspecified atom stereocenters. The normalized spacial score (nSPS) is 19.1. The largest absolute Gasteiger partial charge is 0.418 e. The van der Waals surface area contributed by atoms with E-state index >= 15 is 0 Å². The number of nitrogens with one attached hydrogen (secondary N) is 1. The van der Waals surface area contributed by atoms with Gasteiger partial charge in [0.1, 0.15) is 0 Å². The van der Waals surface area contributed by atoms with E-state index in [2.05, 4.69) is 21.2 Å². The van der Waals surface area contributed by atoms with E-state index in [9.17, 15) is 13.2 Å². The lowest BCUT2D eigenvalue weighted by atomic mass is 9.95. The van der Waals surface area contributed by atoms with E-state index in [0.29, 0.717) is 16.9 Å². The number of hydrogen-bond acceptors (Lipinski definition) is 2. The van der Waals surface area contributed by atoms with E-state index in [1.54, 1.807) is 6.07 Å². The van der Waals surface area contributed by atoms with Crippen LogP contribution < -0.4 is 11.1 Å². The lowest BCUT2D eigenvalue weighted by Crippen LogP contribution is -2.45. The van der Waals surface area contributed by atoms with E-state index in [-0.39, 0.29) is 5.69 Å². The second-order valence-electron chi connectivity index (χ2n) is 5.21. The summed E-state index contributed by atoms with van der Waals surface area (Å²) in [5.74, 6) is 0.349. The van der Waals surface area contributed by atoms with Gasteiger partial charge in [-0.1, -0.05) is 15.9 Å². The fourth-order valence-corrected chi connectivity index (χ4v) is 2.57. The first-order valence-corrected chi connectivity index (χ1v) is 6.90. The standard InChI is InChI=1S/C13H16BrF3N2/c1-12(7-18,8-2-3-8)19-11-5-4-9(14)6-10(11)13(15,16)17/h4-6,8,19H,2-3,7,18H2,1H3. The summed E-state index contributed by atoms with van der Waals surface area (Å²) in [5.41, 5.74) is 4.68. The Morgan fingerprint density at radius 2 is 2.00 bits per heavy atom. The van der Waals surface area contributed by atoms with Crippen molar-refractivity contribution in [1.29, 1.82) is 0 Å². The van der Waals surface area contributed by atoms with Crippen LogP contribution in [0.4, 0.5) is 18.9 Å². The smallest absolute Gasteiger partial charge is 0.378 e. The SMILES string of the molecule is CC(CN)(Nc1ccc(Br)cc1C(F)(F)F)C1CC1. The molecule has 1 aliphatic rings. The molecule has 2 rings (SSSR count). The molecule has 1 aromatic carbocycles. The minimum Gasteiger partial charge on any atom is -0.378 e. The molecule has 0 saturated heterocycles. The van der Waals surface area contributed by atoms with Gasteiger partial charge in [0, 0.05) is 22.2 Å². The second-order valence-corrected chi connectivity index (χ2v) is 6.12. The molecule has 1 atom stereocenters. The maximum atomic E-state index is 13.0. The quantitative estimate of drug-likeness (QED) is 0.871. The molecule has 0 radical (unpaired) electrons. The molecule has 1 aromatic rings. The molecule has 1 aliphatic carbocycles. The number of rotatable bonds is 4. The topological polar surface area (TPSA) is 38.0 Å². The van der Waals surface area contributed by atoms with Crippen LogP contribution >= 0.6 is 15.9 Å². The summed E-state index contributed by atoms with van der Waals surface area (Å²) in [4.78, 5) is 0. The van der Waals surface area contributed by atoms with E-state index in [1.165, 1.54) is 6.07 Å². The maximum Gasteiger partial charge on any atom is 0.418 e. The lowest BCUT2D eigenvalue weighted by molar-refractivity contribution is -0.137. The fraction of sp³-hybridized carbons (Fsp3) is 0.538. The molecular formula is C13H16BrF3N2. The van der Waals surface area contributed by atoms with Gasteiger partial charge in [-0.15, -0.1) is 0 Å². The molecule has 0 aromatic heterocycles. The Labute approximate surface area is 118 Å². The Kier molecular flexibility index (Phi) is 3.84. The molecule has 106 valence electrons.